The molecule has 0 amide bonds. The quantitative estimate of drug-likeness (QED) is 0.478. The van der Waals surface area contributed by atoms with Gasteiger partial charge in [-0.1, -0.05) is 60.7 Å². The van der Waals surface area contributed by atoms with Crippen LogP contribution in [0.5, 0.6) is 0 Å². The Balaban J connectivity index is 1.63. The molecule has 7 nitrogen and oxygen atoms in total. The van der Waals surface area contributed by atoms with Crippen LogP contribution in [0.15, 0.2) is 70.3 Å². The molecule has 7 heteroatoms. The van der Waals surface area contributed by atoms with Gasteiger partial charge in [-0.25, -0.2) is 4.79 Å². The van der Waals surface area contributed by atoms with E-state index in [0.29, 0.717) is 30.2 Å². The fourth-order valence-electron chi connectivity index (χ4n) is 3.85. The van der Waals surface area contributed by atoms with Crippen LogP contribution in [0.25, 0.3) is 11.2 Å². The third-order valence-corrected chi connectivity index (χ3v) is 5.58. The van der Waals surface area contributed by atoms with Crippen molar-refractivity contribution in [1.82, 2.24) is 18.7 Å². The van der Waals surface area contributed by atoms with Crippen molar-refractivity contribution in [3.63, 3.8) is 0 Å². The maximum atomic E-state index is 12.9. The Labute approximate surface area is 180 Å². The average Bonchev–Trinajstić information content (AvgIpc) is 3.16. The highest BCUT2D eigenvalue weighted by atomic mass is 16.2. The topological polar surface area (TPSA) is 73.8 Å². The van der Waals surface area contributed by atoms with Crippen molar-refractivity contribution >= 4 is 17.1 Å². The minimum atomic E-state index is -0.373. The van der Waals surface area contributed by atoms with E-state index in [2.05, 4.69) is 34.6 Å². The maximum absolute atomic E-state index is 12.9. The van der Waals surface area contributed by atoms with Crippen molar-refractivity contribution in [3.05, 3.63) is 92.6 Å². The van der Waals surface area contributed by atoms with E-state index in [-0.39, 0.29) is 11.2 Å². The molecule has 0 aliphatic carbocycles. The second kappa shape index (κ2) is 9.04. The summed E-state index contributed by atoms with van der Waals surface area (Å²) in [4.78, 5) is 29.9. The second-order valence-electron chi connectivity index (χ2n) is 7.72. The largest absolute Gasteiger partial charge is 0.355 e. The van der Waals surface area contributed by atoms with Crippen molar-refractivity contribution in [3.8, 4) is 0 Å². The lowest BCUT2D eigenvalue weighted by Crippen LogP contribution is -2.37. The molecule has 0 fully saturated rings. The van der Waals surface area contributed by atoms with Crippen molar-refractivity contribution < 1.29 is 0 Å². The zero-order valence-electron chi connectivity index (χ0n) is 17.9. The van der Waals surface area contributed by atoms with Gasteiger partial charge in [0.05, 0.1) is 0 Å². The summed E-state index contributed by atoms with van der Waals surface area (Å²) in [6.45, 7) is 1.31. The number of anilines is 1. The average molecular weight is 418 g/mol. The molecule has 0 saturated heterocycles. The monoisotopic (exact) mass is 417 g/mol. The number of hydrogen-bond acceptors (Lipinski definition) is 4. The van der Waals surface area contributed by atoms with Crippen LogP contribution in [0.4, 0.5) is 5.95 Å². The number of nitrogens with zero attached hydrogens (tertiary/aromatic N) is 4. The van der Waals surface area contributed by atoms with Crippen LogP contribution in [0.3, 0.4) is 0 Å². The van der Waals surface area contributed by atoms with Gasteiger partial charge in [0.2, 0.25) is 5.95 Å². The Kier molecular flexibility index (Phi) is 6.02. The Morgan fingerprint density at radius 2 is 1.45 bits per heavy atom. The standard InChI is InChI=1S/C24H27N5O2/c1-27-21-20(22(30)28(2)24(27)31)29(17-9-14-18-10-5-3-6-11-18)23(26-21)25-16-15-19-12-7-4-8-13-19/h3-8,10-13H,9,14-17H2,1-2H3,(H,25,26). The lowest BCUT2D eigenvalue weighted by molar-refractivity contribution is 0.650. The summed E-state index contributed by atoms with van der Waals surface area (Å²) < 4.78 is 4.50. The van der Waals surface area contributed by atoms with Gasteiger partial charge in [0.15, 0.2) is 11.2 Å². The molecule has 0 spiro atoms. The third-order valence-electron chi connectivity index (χ3n) is 5.58. The highest BCUT2D eigenvalue weighted by molar-refractivity contribution is 5.74. The molecule has 1 N–H and O–H groups in total. The van der Waals surface area contributed by atoms with E-state index in [4.69, 9.17) is 0 Å². The molecule has 2 aromatic carbocycles. The smallest absolute Gasteiger partial charge is 0.332 e. The third kappa shape index (κ3) is 4.30. The highest BCUT2D eigenvalue weighted by Crippen LogP contribution is 2.17. The number of imidazole rings is 1. The fourth-order valence-corrected chi connectivity index (χ4v) is 3.85. The van der Waals surface area contributed by atoms with Gasteiger partial charge in [-0.2, -0.15) is 4.98 Å². The summed E-state index contributed by atoms with van der Waals surface area (Å²) >= 11 is 0. The minimum absolute atomic E-state index is 0.318. The van der Waals surface area contributed by atoms with E-state index in [1.807, 2.05) is 41.0 Å². The Morgan fingerprint density at radius 3 is 2.10 bits per heavy atom. The predicted octanol–water partition coefficient (Wildman–Crippen LogP) is 2.72. The van der Waals surface area contributed by atoms with Gasteiger partial charge >= 0.3 is 5.69 Å². The molecular weight excluding hydrogens is 390 g/mol. The molecule has 0 aliphatic heterocycles. The normalized spacial score (nSPS) is 11.2. The SMILES string of the molecule is Cn1c(=O)c2c(nc(NCCc3ccccc3)n2CCCc2ccccc2)n(C)c1=O. The summed E-state index contributed by atoms with van der Waals surface area (Å²) in [7, 11) is 3.16. The Morgan fingerprint density at radius 1 is 0.839 bits per heavy atom. The number of hydrogen-bond donors (Lipinski definition) is 1. The summed E-state index contributed by atoms with van der Waals surface area (Å²) in [5, 5.41) is 3.38. The van der Waals surface area contributed by atoms with Crippen molar-refractivity contribution in [1.29, 1.82) is 0 Å². The maximum Gasteiger partial charge on any atom is 0.332 e. The van der Waals surface area contributed by atoms with Crippen molar-refractivity contribution in [2.24, 2.45) is 14.1 Å². The Hall–Kier alpha value is -3.61. The number of nitrogens with one attached hydrogen (secondary N) is 1. The van der Waals surface area contributed by atoms with Crippen LogP contribution in [0, 0.1) is 0 Å². The zero-order valence-corrected chi connectivity index (χ0v) is 17.9. The molecule has 160 valence electrons. The van der Waals surface area contributed by atoms with Gasteiger partial charge in [0, 0.05) is 27.2 Å². The predicted molar refractivity (Wildman–Crippen MR) is 124 cm³/mol. The van der Waals surface area contributed by atoms with Crippen LogP contribution in [-0.2, 0) is 33.5 Å². The van der Waals surface area contributed by atoms with Gasteiger partial charge < -0.3 is 9.88 Å². The molecule has 4 rings (SSSR count). The molecule has 4 aromatic rings. The number of aromatic nitrogens is 4. The van der Waals surface area contributed by atoms with Crippen molar-refractivity contribution in [2.45, 2.75) is 25.8 Å². The lowest BCUT2D eigenvalue weighted by atomic mass is 10.1. The van der Waals surface area contributed by atoms with Crippen LogP contribution in [-0.4, -0.2) is 25.2 Å². The van der Waals surface area contributed by atoms with Crippen LogP contribution in [0.2, 0.25) is 0 Å². The summed E-state index contributed by atoms with van der Waals surface area (Å²) in [5.74, 6) is 0.622. The summed E-state index contributed by atoms with van der Waals surface area (Å²) in [5.41, 5.74) is 2.66. The molecule has 0 aliphatic rings. The van der Waals surface area contributed by atoms with E-state index < -0.39 is 0 Å². The number of rotatable bonds is 8. The van der Waals surface area contributed by atoms with Crippen LogP contribution >= 0.6 is 0 Å². The fraction of sp³-hybridized carbons (Fsp3) is 0.292. The molecule has 0 saturated carbocycles. The molecule has 2 heterocycles. The van der Waals surface area contributed by atoms with Crippen LogP contribution in [0.1, 0.15) is 17.5 Å². The van der Waals surface area contributed by atoms with Gasteiger partial charge in [0.25, 0.3) is 5.56 Å². The molecule has 0 atom stereocenters. The first-order chi connectivity index (χ1) is 15.1. The molecule has 2 aromatic heterocycles. The Bertz CT molecular complexity index is 1290. The summed E-state index contributed by atoms with van der Waals surface area (Å²) in [6.07, 6.45) is 2.59. The molecule has 0 radical (unpaired) electrons. The van der Waals surface area contributed by atoms with Crippen LogP contribution < -0.4 is 16.6 Å². The highest BCUT2D eigenvalue weighted by Gasteiger charge is 2.18. The molecule has 31 heavy (non-hydrogen) atoms. The second-order valence-corrected chi connectivity index (χ2v) is 7.72. The van der Waals surface area contributed by atoms with Crippen molar-refractivity contribution in [2.75, 3.05) is 11.9 Å². The van der Waals surface area contributed by atoms with Gasteiger partial charge in [-0.05, 0) is 30.4 Å². The van der Waals surface area contributed by atoms with E-state index in [0.717, 1.165) is 23.8 Å². The molecule has 0 bridgehead atoms. The first-order valence-corrected chi connectivity index (χ1v) is 10.5. The lowest BCUT2D eigenvalue weighted by Gasteiger charge is -2.11. The number of fused-ring (bicyclic) bond motifs is 1. The molecular formula is C24H27N5O2. The minimum Gasteiger partial charge on any atom is -0.355 e. The first-order valence-electron chi connectivity index (χ1n) is 10.5. The van der Waals surface area contributed by atoms with Gasteiger partial charge in [0.1, 0.15) is 0 Å². The first kappa shape index (κ1) is 20.7. The van der Waals surface area contributed by atoms with E-state index in [9.17, 15) is 9.59 Å². The number of aryl methyl sites for hydroxylation is 3. The van der Waals surface area contributed by atoms with Gasteiger partial charge in [-0.3, -0.25) is 13.9 Å². The van der Waals surface area contributed by atoms with E-state index in [1.54, 1.807) is 7.05 Å². The number of benzene rings is 2. The van der Waals surface area contributed by atoms with E-state index >= 15 is 0 Å². The zero-order chi connectivity index (χ0) is 21.8. The van der Waals surface area contributed by atoms with E-state index in [1.165, 1.54) is 22.7 Å². The molecule has 0 unspecified atom stereocenters. The van der Waals surface area contributed by atoms with Gasteiger partial charge in [-0.15, -0.1) is 0 Å². The summed E-state index contributed by atoms with van der Waals surface area (Å²) in [6, 6.07) is 20.5.